The smallest absolute Gasteiger partial charge is 0.166 e. The molecular formula is C13H15FN2O. The van der Waals surface area contributed by atoms with Crippen LogP contribution in [0.2, 0.25) is 0 Å². The zero-order valence-corrected chi connectivity index (χ0v) is 9.66. The minimum Gasteiger partial charge on any atom is -0.489 e. The van der Waals surface area contributed by atoms with E-state index in [1.807, 2.05) is 6.07 Å². The molecule has 0 bridgehead atoms. The van der Waals surface area contributed by atoms with E-state index in [-0.39, 0.29) is 5.75 Å². The first-order valence-corrected chi connectivity index (χ1v) is 5.84. The van der Waals surface area contributed by atoms with Crippen LogP contribution in [0.5, 0.6) is 5.75 Å². The molecule has 0 atom stereocenters. The van der Waals surface area contributed by atoms with Crippen molar-refractivity contribution in [2.75, 3.05) is 26.2 Å². The summed E-state index contributed by atoms with van der Waals surface area (Å²) in [5.41, 5.74) is 0.314. The molecule has 90 valence electrons. The Labute approximate surface area is 100 Å². The highest BCUT2D eigenvalue weighted by Gasteiger charge is 2.11. The highest BCUT2D eigenvalue weighted by Crippen LogP contribution is 2.18. The average molecular weight is 234 g/mol. The van der Waals surface area contributed by atoms with Crippen LogP contribution < -0.4 is 4.74 Å². The quantitative estimate of drug-likeness (QED) is 0.801. The van der Waals surface area contributed by atoms with E-state index in [2.05, 4.69) is 4.90 Å². The normalized spacial score (nSPS) is 15.8. The molecule has 0 spiro atoms. The zero-order valence-electron chi connectivity index (χ0n) is 9.66. The van der Waals surface area contributed by atoms with Crippen molar-refractivity contribution in [1.29, 1.82) is 5.26 Å². The third-order valence-corrected chi connectivity index (χ3v) is 2.92. The molecule has 1 aliphatic rings. The van der Waals surface area contributed by atoms with Gasteiger partial charge in [0.2, 0.25) is 0 Å². The summed E-state index contributed by atoms with van der Waals surface area (Å²) < 4.78 is 18.8. The van der Waals surface area contributed by atoms with Crippen LogP contribution in [0, 0.1) is 17.1 Å². The number of likely N-dealkylation sites (tertiary alicyclic amines) is 1. The number of hydrogen-bond donors (Lipinski definition) is 0. The minimum absolute atomic E-state index is 0.225. The van der Waals surface area contributed by atoms with Crippen LogP contribution in [0.4, 0.5) is 4.39 Å². The Bertz CT molecular complexity index is 422. The lowest BCUT2D eigenvalue weighted by Crippen LogP contribution is -2.25. The summed E-state index contributed by atoms with van der Waals surface area (Å²) in [5, 5.41) is 8.61. The maximum atomic E-state index is 13.4. The van der Waals surface area contributed by atoms with Gasteiger partial charge in [0.1, 0.15) is 6.61 Å². The lowest BCUT2D eigenvalue weighted by molar-refractivity contribution is 0.231. The topological polar surface area (TPSA) is 36.3 Å². The molecule has 1 aromatic carbocycles. The van der Waals surface area contributed by atoms with Crippen LogP contribution in [-0.4, -0.2) is 31.1 Å². The number of nitrogens with zero attached hydrogens (tertiary/aromatic N) is 2. The first kappa shape index (κ1) is 11.9. The molecule has 1 fully saturated rings. The van der Waals surface area contributed by atoms with Gasteiger partial charge in [0.25, 0.3) is 0 Å². The van der Waals surface area contributed by atoms with Gasteiger partial charge in [0.05, 0.1) is 11.6 Å². The third-order valence-electron chi connectivity index (χ3n) is 2.92. The van der Waals surface area contributed by atoms with Gasteiger partial charge >= 0.3 is 0 Å². The summed E-state index contributed by atoms with van der Waals surface area (Å²) in [4.78, 5) is 2.31. The fourth-order valence-electron chi connectivity index (χ4n) is 1.98. The Morgan fingerprint density at radius 1 is 1.35 bits per heavy atom. The second-order valence-electron chi connectivity index (χ2n) is 4.15. The molecule has 1 heterocycles. The van der Waals surface area contributed by atoms with Gasteiger partial charge in [0.15, 0.2) is 11.6 Å². The lowest BCUT2D eigenvalue weighted by Gasteiger charge is -2.15. The molecule has 0 amide bonds. The predicted molar refractivity (Wildman–Crippen MR) is 62.3 cm³/mol. The first-order valence-electron chi connectivity index (χ1n) is 5.84. The SMILES string of the molecule is N#Cc1ccc(OCCN2CCCC2)c(F)c1. The highest BCUT2D eigenvalue weighted by molar-refractivity contribution is 5.35. The Balaban J connectivity index is 1.84. The van der Waals surface area contributed by atoms with Gasteiger partial charge in [-0.1, -0.05) is 0 Å². The van der Waals surface area contributed by atoms with Gasteiger partial charge in [0, 0.05) is 6.54 Å². The van der Waals surface area contributed by atoms with E-state index in [1.54, 1.807) is 6.07 Å². The van der Waals surface area contributed by atoms with E-state index in [4.69, 9.17) is 10.00 Å². The molecule has 1 aliphatic heterocycles. The molecular weight excluding hydrogens is 219 g/mol. The maximum absolute atomic E-state index is 13.4. The van der Waals surface area contributed by atoms with Crippen LogP contribution in [0.1, 0.15) is 18.4 Å². The molecule has 4 heteroatoms. The number of benzene rings is 1. The lowest BCUT2D eigenvalue weighted by atomic mass is 10.2. The van der Waals surface area contributed by atoms with Crippen molar-refractivity contribution in [2.45, 2.75) is 12.8 Å². The summed E-state index contributed by atoms with van der Waals surface area (Å²) in [5.74, 6) is -0.242. The monoisotopic (exact) mass is 234 g/mol. The molecule has 1 saturated heterocycles. The summed E-state index contributed by atoms with van der Waals surface area (Å²) in [6, 6.07) is 6.17. The van der Waals surface area contributed by atoms with Crippen LogP contribution in [0.15, 0.2) is 18.2 Å². The van der Waals surface area contributed by atoms with Gasteiger partial charge < -0.3 is 4.74 Å². The Morgan fingerprint density at radius 2 is 2.12 bits per heavy atom. The van der Waals surface area contributed by atoms with E-state index >= 15 is 0 Å². The largest absolute Gasteiger partial charge is 0.489 e. The average Bonchev–Trinajstić information content (AvgIpc) is 2.84. The molecule has 17 heavy (non-hydrogen) atoms. The highest BCUT2D eigenvalue weighted by atomic mass is 19.1. The van der Waals surface area contributed by atoms with E-state index in [9.17, 15) is 4.39 Å². The third kappa shape index (κ3) is 3.18. The van der Waals surface area contributed by atoms with E-state index in [1.165, 1.54) is 25.0 Å². The standard InChI is InChI=1S/C13H15FN2O/c14-12-9-11(10-15)3-4-13(12)17-8-7-16-5-1-2-6-16/h3-4,9H,1-2,5-8H2. The van der Waals surface area contributed by atoms with Gasteiger partial charge in [-0.25, -0.2) is 4.39 Å². The van der Waals surface area contributed by atoms with Crippen LogP contribution in [0.3, 0.4) is 0 Å². The Morgan fingerprint density at radius 3 is 2.76 bits per heavy atom. The van der Waals surface area contributed by atoms with Crippen molar-refractivity contribution < 1.29 is 9.13 Å². The van der Waals surface area contributed by atoms with Crippen LogP contribution >= 0.6 is 0 Å². The molecule has 0 aliphatic carbocycles. The van der Waals surface area contributed by atoms with E-state index in [0.717, 1.165) is 19.6 Å². The summed E-state index contributed by atoms with van der Waals surface area (Å²) in [7, 11) is 0. The number of rotatable bonds is 4. The molecule has 0 unspecified atom stereocenters. The zero-order chi connectivity index (χ0) is 12.1. The van der Waals surface area contributed by atoms with Crippen molar-refractivity contribution in [3.63, 3.8) is 0 Å². The second-order valence-corrected chi connectivity index (χ2v) is 4.15. The fourth-order valence-corrected chi connectivity index (χ4v) is 1.98. The molecule has 0 radical (unpaired) electrons. The molecule has 0 saturated carbocycles. The summed E-state index contributed by atoms with van der Waals surface area (Å²) in [6.45, 7) is 3.54. The van der Waals surface area contributed by atoms with Crippen LogP contribution in [-0.2, 0) is 0 Å². The molecule has 1 aromatic rings. The van der Waals surface area contributed by atoms with Crippen molar-refractivity contribution in [1.82, 2.24) is 4.90 Å². The van der Waals surface area contributed by atoms with Crippen LogP contribution in [0.25, 0.3) is 0 Å². The molecule has 0 aromatic heterocycles. The van der Waals surface area contributed by atoms with E-state index in [0.29, 0.717) is 12.2 Å². The number of ether oxygens (including phenoxy) is 1. The number of halogens is 1. The fraction of sp³-hybridized carbons (Fsp3) is 0.462. The summed E-state index contributed by atoms with van der Waals surface area (Å²) in [6.07, 6.45) is 2.48. The number of nitriles is 1. The first-order chi connectivity index (χ1) is 8.29. The summed E-state index contributed by atoms with van der Waals surface area (Å²) >= 11 is 0. The molecule has 3 nitrogen and oxygen atoms in total. The molecule has 2 rings (SSSR count). The van der Waals surface area contributed by atoms with Crippen molar-refractivity contribution in [3.8, 4) is 11.8 Å². The van der Waals surface area contributed by atoms with Gasteiger partial charge in [-0.15, -0.1) is 0 Å². The van der Waals surface area contributed by atoms with E-state index < -0.39 is 5.82 Å². The molecule has 0 N–H and O–H groups in total. The Hall–Kier alpha value is -1.60. The van der Waals surface area contributed by atoms with Gasteiger partial charge in [-0.3, -0.25) is 4.90 Å². The van der Waals surface area contributed by atoms with Crippen molar-refractivity contribution in [3.05, 3.63) is 29.6 Å². The maximum Gasteiger partial charge on any atom is 0.166 e. The van der Waals surface area contributed by atoms with Crippen molar-refractivity contribution in [2.24, 2.45) is 0 Å². The number of hydrogen-bond acceptors (Lipinski definition) is 3. The van der Waals surface area contributed by atoms with Gasteiger partial charge in [-0.05, 0) is 44.1 Å². The van der Waals surface area contributed by atoms with Gasteiger partial charge in [-0.2, -0.15) is 5.26 Å². The second kappa shape index (κ2) is 5.65. The minimum atomic E-state index is -0.467. The Kier molecular flexibility index (Phi) is 3.94. The van der Waals surface area contributed by atoms with Crippen molar-refractivity contribution >= 4 is 0 Å². The predicted octanol–water partition coefficient (Wildman–Crippen LogP) is 2.17.